The van der Waals surface area contributed by atoms with E-state index in [9.17, 15) is 5.11 Å². The average molecular weight is 286 g/mol. The predicted octanol–water partition coefficient (Wildman–Crippen LogP) is 3.60. The second kappa shape index (κ2) is 4.98. The molecular weight excluding hydrogens is 274 g/mol. The van der Waals surface area contributed by atoms with Crippen LogP contribution in [0.5, 0.6) is 5.75 Å². The lowest BCUT2D eigenvalue weighted by atomic mass is 10.00. The molecule has 3 rings (SSSR count). The largest absolute Gasteiger partial charge is 0.506 e. The molecular formula is C15H12ClN3O. The molecule has 0 fully saturated rings. The third kappa shape index (κ3) is 2.26. The molecule has 0 radical (unpaired) electrons. The number of hydrogen-bond acceptors (Lipinski definition) is 3. The van der Waals surface area contributed by atoms with Crippen LogP contribution in [0.4, 0.5) is 0 Å². The second-order valence-corrected chi connectivity index (χ2v) is 4.95. The summed E-state index contributed by atoms with van der Waals surface area (Å²) in [5, 5.41) is 17.6. The summed E-state index contributed by atoms with van der Waals surface area (Å²) >= 11 is 6.00. The van der Waals surface area contributed by atoms with E-state index in [1.165, 1.54) is 0 Å². The molecule has 2 aromatic carbocycles. The van der Waals surface area contributed by atoms with Crippen LogP contribution >= 0.6 is 11.6 Å². The molecule has 0 aliphatic heterocycles. The van der Waals surface area contributed by atoms with Crippen molar-refractivity contribution in [3.05, 3.63) is 59.6 Å². The maximum absolute atomic E-state index is 9.62. The summed E-state index contributed by atoms with van der Waals surface area (Å²) in [4.78, 5) is 0. The minimum Gasteiger partial charge on any atom is -0.506 e. The van der Waals surface area contributed by atoms with Crippen LogP contribution in [0.1, 0.15) is 5.56 Å². The Kier molecular flexibility index (Phi) is 3.16. The van der Waals surface area contributed by atoms with E-state index in [4.69, 9.17) is 11.6 Å². The molecule has 0 amide bonds. The Hall–Kier alpha value is -2.33. The normalized spacial score (nSPS) is 10.7. The zero-order valence-corrected chi connectivity index (χ0v) is 11.5. The number of nitrogens with zero attached hydrogens (tertiary/aromatic N) is 3. The van der Waals surface area contributed by atoms with Crippen molar-refractivity contribution in [1.29, 1.82) is 0 Å². The SMILES string of the molecule is Cc1cc(O)c(Cl)cc1-c1cccc(-n2cnnc2)c1. The zero-order chi connectivity index (χ0) is 14.1. The molecule has 0 bridgehead atoms. The summed E-state index contributed by atoms with van der Waals surface area (Å²) in [7, 11) is 0. The summed E-state index contributed by atoms with van der Waals surface area (Å²) in [6.45, 7) is 1.94. The Morgan fingerprint density at radius 3 is 2.60 bits per heavy atom. The van der Waals surface area contributed by atoms with Gasteiger partial charge in [-0.15, -0.1) is 10.2 Å². The van der Waals surface area contributed by atoms with Gasteiger partial charge in [-0.3, -0.25) is 4.57 Å². The maximum atomic E-state index is 9.62. The van der Waals surface area contributed by atoms with Crippen LogP contribution in [0.3, 0.4) is 0 Å². The summed E-state index contributed by atoms with van der Waals surface area (Å²) in [5.41, 5.74) is 3.95. The fraction of sp³-hybridized carbons (Fsp3) is 0.0667. The lowest BCUT2D eigenvalue weighted by molar-refractivity contribution is 0.475. The first-order chi connectivity index (χ1) is 9.65. The van der Waals surface area contributed by atoms with Crippen molar-refractivity contribution in [2.75, 3.05) is 0 Å². The molecule has 3 aromatic rings. The zero-order valence-electron chi connectivity index (χ0n) is 10.8. The molecule has 4 nitrogen and oxygen atoms in total. The Labute approximate surface area is 121 Å². The highest BCUT2D eigenvalue weighted by molar-refractivity contribution is 6.32. The molecule has 100 valence electrons. The first-order valence-corrected chi connectivity index (χ1v) is 6.47. The highest BCUT2D eigenvalue weighted by atomic mass is 35.5. The Bertz CT molecular complexity index is 754. The first kappa shape index (κ1) is 12.7. The van der Waals surface area contributed by atoms with Gasteiger partial charge in [-0.05, 0) is 47.9 Å². The third-order valence-electron chi connectivity index (χ3n) is 3.17. The predicted molar refractivity (Wildman–Crippen MR) is 78.2 cm³/mol. The van der Waals surface area contributed by atoms with Crippen LogP contribution < -0.4 is 0 Å². The van der Waals surface area contributed by atoms with E-state index in [1.807, 2.05) is 35.8 Å². The molecule has 1 N–H and O–H groups in total. The van der Waals surface area contributed by atoms with E-state index >= 15 is 0 Å². The molecule has 0 atom stereocenters. The van der Waals surface area contributed by atoms with E-state index in [-0.39, 0.29) is 5.75 Å². The first-order valence-electron chi connectivity index (χ1n) is 6.10. The number of aromatic hydroxyl groups is 1. The molecule has 1 aromatic heterocycles. The number of halogens is 1. The van der Waals surface area contributed by atoms with Crippen molar-refractivity contribution in [3.8, 4) is 22.6 Å². The number of aryl methyl sites for hydroxylation is 1. The summed E-state index contributed by atoms with van der Waals surface area (Å²) in [6.07, 6.45) is 3.30. The van der Waals surface area contributed by atoms with Crippen LogP contribution in [0.2, 0.25) is 5.02 Å². The van der Waals surface area contributed by atoms with Gasteiger partial charge in [0.05, 0.1) is 5.02 Å². The topological polar surface area (TPSA) is 50.9 Å². The highest BCUT2D eigenvalue weighted by Gasteiger charge is 2.08. The van der Waals surface area contributed by atoms with E-state index in [1.54, 1.807) is 24.8 Å². The minimum atomic E-state index is 0.0999. The van der Waals surface area contributed by atoms with Crippen molar-refractivity contribution < 1.29 is 5.11 Å². The minimum absolute atomic E-state index is 0.0999. The quantitative estimate of drug-likeness (QED) is 0.782. The molecule has 5 heteroatoms. The van der Waals surface area contributed by atoms with Crippen LogP contribution in [0.25, 0.3) is 16.8 Å². The molecule has 0 unspecified atom stereocenters. The van der Waals surface area contributed by atoms with Gasteiger partial charge in [-0.2, -0.15) is 0 Å². The van der Waals surface area contributed by atoms with E-state index in [2.05, 4.69) is 10.2 Å². The van der Waals surface area contributed by atoms with Crippen LogP contribution in [-0.4, -0.2) is 19.9 Å². The number of rotatable bonds is 2. The van der Waals surface area contributed by atoms with Gasteiger partial charge in [0.15, 0.2) is 0 Å². The lowest BCUT2D eigenvalue weighted by Gasteiger charge is -2.10. The van der Waals surface area contributed by atoms with Crippen LogP contribution in [-0.2, 0) is 0 Å². The van der Waals surface area contributed by atoms with Crippen molar-refractivity contribution in [2.45, 2.75) is 6.92 Å². The van der Waals surface area contributed by atoms with Crippen molar-refractivity contribution in [1.82, 2.24) is 14.8 Å². The van der Waals surface area contributed by atoms with Gasteiger partial charge in [0.1, 0.15) is 18.4 Å². The van der Waals surface area contributed by atoms with Crippen LogP contribution in [0.15, 0.2) is 49.1 Å². The van der Waals surface area contributed by atoms with Crippen molar-refractivity contribution in [3.63, 3.8) is 0 Å². The molecule has 0 spiro atoms. The van der Waals surface area contributed by atoms with E-state index in [0.717, 1.165) is 22.4 Å². The van der Waals surface area contributed by atoms with Gasteiger partial charge < -0.3 is 5.11 Å². The van der Waals surface area contributed by atoms with Crippen molar-refractivity contribution in [2.24, 2.45) is 0 Å². The summed E-state index contributed by atoms with van der Waals surface area (Å²) in [5.74, 6) is 0.0999. The molecule has 0 aliphatic carbocycles. The molecule has 0 saturated carbocycles. The maximum Gasteiger partial charge on any atom is 0.134 e. The lowest BCUT2D eigenvalue weighted by Crippen LogP contribution is -1.91. The average Bonchev–Trinajstić information content (AvgIpc) is 2.97. The van der Waals surface area contributed by atoms with E-state index in [0.29, 0.717) is 5.02 Å². The molecule has 0 saturated heterocycles. The van der Waals surface area contributed by atoms with Gasteiger partial charge >= 0.3 is 0 Å². The van der Waals surface area contributed by atoms with Gasteiger partial charge in [0.25, 0.3) is 0 Å². The third-order valence-corrected chi connectivity index (χ3v) is 3.47. The van der Waals surface area contributed by atoms with Gasteiger partial charge in [0.2, 0.25) is 0 Å². The fourth-order valence-electron chi connectivity index (χ4n) is 2.15. The Morgan fingerprint density at radius 2 is 1.85 bits per heavy atom. The number of phenolic OH excluding ortho intramolecular Hbond substituents is 1. The monoisotopic (exact) mass is 285 g/mol. The standard InChI is InChI=1S/C15H12ClN3O/c1-10-5-15(20)14(16)7-13(10)11-3-2-4-12(6-11)19-8-17-18-9-19/h2-9,20H,1H3. The van der Waals surface area contributed by atoms with Gasteiger partial charge in [0, 0.05) is 5.69 Å². The highest BCUT2D eigenvalue weighted by Crippen LogP contribution is 2.33. The number of aromatic nitrogens is 3. The van der Waals surface area contributed by atoms with Gasteiger partial charge in [-0.25, -0.2) is 0 Å². The summed E-state index contributed by atoms with van der Waals surface area (Å²) < 4.78 is 1.83. The van der Waals surface area contributed by atoms with Gasteiger partial charge in [-0.1, -0.05) is 23.7 Å². The summed E-state index contributed by atoms with van der Waals surface area (Å²) in [6, 6.07) is 11.4. The van der Waals surface area contributed by atoms with Crippen molar-refractivity contribution >= 4 is 11.6 Å². The number of hydrogen-bond donors (Lipinski definition) is 1. The number of benzene rings is 2. The van der Waals surface area contributed by atoms with E-state index < -0.39 is 0 Å². The molecule has 1 heterocycles. The smallest absolute Gasteiger partial charge is 0.134 e. The fourth-order valence-corrected chi connectivity index (χ4v) is 2.31. The Morgan fingerprint density at radius 1 is 1.10 bits per heavy atom. The Balaban J connectivity index is 2.12. The number of phenols is 1. The molecule has 0 aliphatic rings. The van der Waals surface area contributed by atoms with Crippen LogP contribution in [0, 0.1) is 6.92 Å². The molecule has 20 heavy (non-hydrogen) atoms. The second-order valence-electron chi connectivity index (χ2n) is 4.54.